The van der Waals surface area contributed by atoms with Gasteiger partial charge >= 0.3 is 0 Å². The first-order valence-corrected chi connectivity index (χ1v) is 6.39. The van der Waals surface area contributed by atoms with E-state index in [0.717, 1.165) is 31.9 Å². The lowest BCUT2D eigenvalue weighted by molar-refractivity contribution is 0.405. The summed E-state index contributed by atoms with van der Waals surface area (Å²) in [7, 11) is 1.69. The minimum absolute atomic E-state index is 0.739. The summed E-state index contributed by atoms with van der Waals surface area (Å²) in [4.78, 5) is 2.27. The van der Waals surface area contributed by atoms with E-state index in [-0.39, 0.29) is 0 Å². The van der Waals surface area contributed by atoms with E-state index in [2.05, 4.69) is 5.32 Å². The number of hydrogen-bond acceptors (Lipinski definition) is 3. The fraction of sp³-hybridized carbons (Fsp3) is 0.0769. The molecule has 0 bridgehead atoms. The van der Waals surface area contributed by atoms with Crippen LogP contribution in [-0.2, 0) is 0 Å². The third-order valence-electron chi connectivity index (χ3n) is 2.62. The highest BCUT2D eigenvalue weighted by Gasteiger charge is 2.18. The molecule has 0 radical (unpaired) electrons. The second kappa shape index (κ2) is 4.17. The molecule has 1 heterocycles. The summed E-state index contributed by atoms with van der Waals surface area (Å²) in [5, 5.41) is 4.11. The monoisotopic (exact) mass is 263 g/mol. The van der Waals surface area contributed by atoms with Crippen molar-refractivity contribution in [1.82, 2.24) is 0 Å². The van der Waals surface area contributed by atoms with E-state index in [1.165, 1.54) is 0 Å². The third-order valence-corrected chi connectivity index (χ3v) is 4.06. The van der Waals surface area contributed by atoms with E-state index in [9.17, 15) is 0 Å². The van der Waals surface area contributed by atoms with Crippen molar-refractivity contribution in [2.75, 3.05) is 12.4 Å². The molecule has 0 unspecified atom stereocenters. The molecule has 2 aromatic carbocycles. The molecule has 0 aliphatic carbocycles. The van der Waals surface area contributed by atoms with Gasteiger partial charge in [-0.05, 0) is 30.3 Å². The lowest BCUT2D eigenvalue weighted by atomic mass is 10.2. The summed E-state index contributed by atoms with van der Waals surface area (Å²) in [6.07, 6.45) is 0. The van der Waals surface area contributed by atoms with Gasteiger partial charge in [-0.3, -0.25) is 0 Å². The van der Waals surface area contributed by atoms with Gasteiger partial charge < -0.3 is 10.1 Å². The Balaban J connectivity index is 2.10. The predicted molar refractivity (Wildman–Crippen MR) is 71.9 cm³/mol. The number of fused-ring (bicyclic) bond motifs is 2. The number of hydrogen-bond donors (Lipinski definition) is 1. The van der Waals surface area contributed by atoms with Crippen LogP contribution in [0, 0.1) is 0 Å². The van der Waals surface area contributed by atoms with Gasteiger partial charge in [0.25, 0.3) is 0 Å². The second-order valence-corrected chi connectivity index (χ2v) is 5.19. The van der Waals surface area contributed by atoms with Crippen LogP contribution < -0.4 is 10.1 Å². The van der Waals surface area contributed by atoms with Gasteiger partial charge in [-0.1, -0.05) is 29.4 Å². The van der Waals surface area contributed by atoms with Crippen molar-refractivity contribution in [2.45, 2.75) is 9.79 Å². The fourth-order valence-corrected chi connectivity index (χ4v) is 3.05. The van der Waals surface area contributed by atoms with Crippen LogP contribution >= 0.6 is 23.4 Å². The van der Waals surface area contributed by atoms with Gasteiger partial charge in [0.2, 0.25) is 0 Å². The topological polar surface area (TPSA) is 21.3 Å². The summed E-state index contributed by atoms with van der Waals surface area (Å²) in [5.41, 5.74) is 2.10. The first-order chi connectivity index (χ1) is 8.28. The van der Waals surface area contributed by atoms with E-state index in [1.54, 1.807) is 18.9 Å². The summed E-state index contributed by atoms with van der Waals surface area (Å²) in [6.45, 7) is 0. The Hall–Kier alpha value is -1.32. The molecular weight excluding hydrogens is 254 g/mol. The van der Waals surface area contributed by atoms with Gasteiger partial charge in [-0.25, -0.2) is 0 Å². The second-order valence-electron chi connectivity index (χ2n) is 3.70. The molecule has 4 heteroatoms. The Kier molecular flexibility index (Phi) is 2.65. The standard InChI is InChI=1S/C13H10ClNOS/c1-16-11-4-2-3-9-13(11)17-12-6-5-8(14)7-10(12)15-9/h2-7,15H,1H3. The molecule has 0 saturated carbocycles. The van der Waals surface area contributed by atoms with Crippen LogP contribution in [0.3, 0.4) is 0 Å². The molecule has 0 saturated heterocycles. The molecule has 86 valence electrons. The third kappa shape index (κ3) is 1.85. The molecule has 0 spiro atoms. The van der Waals surface area contributed by atoms with E-state index < -0.39 is 0 Å². The summed E-state index contributed by atoms with van der Waals surface area (Å²) in [5.74, 6) is 0.889. The lowest BCUT2D eigenvalue weighted by Gasteiger charge is -2.22. The lowest BCUT2D eigenvalue weighted by Crippen LogP contribution is -2.01. The Bertz CT molecular complexity index is 586. The highest BCUT2D eigenvalue weighted by molar-refractivity contribution is 7.99. The van der Waals surface area contributed by atoms with E-state index in [0.29, 0.717) is 0 Å². The van der Waals surface area contributed by atoms with Crippen LogP contribution in [0.5, 0.6) is 5.75 Å². The summed E-state index contributed by atoms with van der Waals surface area (Å²) < 4.78 is 5.36. The van der Waals surface area contributed by atoms with Crippen molar-refractivity contribution in [3.63, 3.8) is 0 Å². The molecule has 1 aliphatic rings. The Morgan fingerprint density at radius 3 is 2.88 bits per heavy atom. The van der Waals surface area contributed by atoms with Crippen molar-refractivity contribution in [3.8, 4) is 5.75 Å². The number of benzene rings is 2. The largest absolute Gasteiger partial charge is 0.495 e. The highest BCUT2D eigenvalue weighted by atomic mass is 35.5. The summed E-state index contributed by atoms with van der Waals surface area (Å²) in [6, 6.07) is 11.8. The number of nitrogens with one attached hydrogen (secondary N) is 1. The van der Waals surface area contributed by atoms with Crippen LogP contribution in [-0.4, -0.2) is 7.11 Å². The molecule has 0 atom stereocenters. The van der Waals surface area contributed by atoms with Gasteiger partial charge in [0, 0.05) is 9.92 Å². The summed E-state index contributed by atoms with van der Waals surface area (Å²) >= 11 is 7.68. The first kappa shape index (κ1) is 10.8. The van der Waals surface area contributed by atoms with Crippen LogP contribution in [0.4, 0.5) is 11.4 Å². The van der Waals surface area contributed by atoms with Crippen molar-refractivity contribution >= 4 is 34.7 Å². The normalized spacial score (nSPS) is 12.4. The zero-order chi connectivity index (χ0) is 11.8. The quantitative estimate of drug-likeness (QED) is 0.696. The van der Waals surface area contributed by atoms with Gasteiger partial charge in [-0.15, -0.1) is 0 Å². The number of halogens is 1. The van der Waals surface area contributed by atoms with Gasteiger partial charge in [-0.2, -0.15) is 0 Å². The molecule has 0 amide bonds. The minimum atomic E-state index is 0.739. The molecule has 2 nitrogen and oxygen atoms in total. The van der Waals surface area contributed by atoms with Crippen LogP contribution in [0.1, 0.15) is 0 Å². The Labute approximate surface area is 109 Å². The van der Waals surface area contributed by atoms with E-state index in [4.69, 9.17) is 16.3 Å². The van der Waals surface area contributed by atoms with E-state index in [1.807, 2.05) is 36.4 Å². The molecule has 0 fully saturated rings. The van der Waals surface area contributed by atoms with Crippen molar-refractivity contribution in [2.24, 2.45) is 0 Å². The zero-order valence-corrected chi connectivity index (χ0v) is 10.7. The van der Waals surface area contributed by atoms with Gasteiger partial charge in [0.1, 0.15) is 5.75 Å². The molecule has 0 aromatic heterocycles. The smallest absolute Gasteiger partial charge is 0.134 e. The molecule has 3 rings (SSSR count). The fourth-order valence-electron chi connectivity index (χ4n) is 1.82. The molecular formula is C13H10ClNOS. The maximum absolute atomic E-state index is 5.99. The number of rotatable bonds is 1. The molecule has 1 aliphatic heterocycles. The molecule has 17 heavy (non-hydrogen) atoms. The Morgan fingerprint density at radius 1 is 1.18 bits per heavy atom. The minimum Gasteiger partial charge on any atom is -0.495 e. The van der Waals surface area contributed by atoms with Crippen molar-refractivity contribution < 1.29 is 4.74 Å². The Morgan fingerprint density at radius 2 is 2.06 bits per heavy atom. The van der Waals surface area contributed by atoms with Crippen LogP contribution in [0.2, 0.25) is 5.02 Å². The maximum Gasteiger partial charge on any atom is 0.134 e. The van der Waals surface area contributed by atoms with Gasteiger partial charge in [0.15, 0.2) is 0 Å². The van der Waals surface area contributed by atoms with Gasteiger partial charge in [0.05, 0.1) is 23.4 Å². The highest BCUT2D eigenvalue weighted by Crippen LogP contribution is 2.48. The first-order valence-electron chi connectivity index (χ1n) is 5.19. The number of anilines is 2. The number of methoxy groups -OCH3 is 1. The number of ether oxygens (including phenoxy) is 1. The predicted octanol–water partition coefficient (Wildman–Crippen LogP) is 4.56. The van der Waals surface area contributed by atoms with Crippen LogP contribution in [0.25, 0.3) is 0 Å². The van der Waals surface area contributed by atoms with Crippen molar-refractivity contribution in [1.29, 1.82) is 0 Å². The van der Waals surface area contributed by atoms with E-state index >= 15 is 0 Å². The van der Waals surface area contributed by atoms with Crippen molar-refractivity contribution in [3.05, 3.63) is 41.4 Å². The average molecular weight is 264 g/mol. The SMILES string of the molecule is COc1cccc2c1Sc1ccc(Cl)cc1N2. The van der Waals surface area contributed by atoms with Crippen LogP contribution in [0.15, 0.2) is 46.2 Å². The zero-order valence-electron chi connectivity index (χ0n) is 9.16. The maximum atomic E-state index is 5.99. The molecule has 1 N–H and O–H groups in total. The molecule has 2 aromatic rings. The average Bonchev–Trinajstić information content (AvgIpc) is 2.35.